The van der Waals surface area contributed by atoms with Crippen molar-refractivity contribution >= 4 is 5.65 Å². The van der Waals surface area contributed by atoms with E-state index in [2.05, 4.69) is 22.2 Å². The molecule has 0 spiro atoms. The maximum absolute atomic E-state index is 5.39. The molecule has 84 valence electrons. The maximum Gasteiger partial charge on any atom is 0.155 e. The highest BCUT2D eigenvalue weighted by Crippen LogP contribution is 2.26. The van der Waals surface area contributed by atoms with Crippen LogP contribution in [-0.2, 0) is 4.74 Å². The van der Waals surface area contributed by atoms with Crippen molar-refractivity contribution in [2.75, 3.05) is 13.2 Å². The molecule has 0 bridgehead atoms. The Morgan fingerprint density at radius 3 is 2.94 bits per heavy atom. The van der Waals surface area contributed by atoms with Gasteiger partial charge >= 0.3 is 0 Å². The van der Waals surface area contributed by atoms with Gasteiger partial charge in [-0.25, -0.2) is 9.50 Å². The van der Waals surface area contributed by atoms with E-state index in [1.807, 2.05) is 17.5 Å². The molecule has 4 heteroatoms. The van der Waals surface area contributed by atoms with Crippen LogP contribution in [0.25, 0.3) is 5.65 Å². The lowest BCUT2D eigenvalue weighted by Crippen LogP contribution is -2.16. The first-order chi connectivity index (χ1) is 7.84. The molecule has 0 radical (unpaired) electrons. The summed E-state index contributed by atoms with van der Waals surface area (Å²) in [5, 5.41) is 4.45. The number of rotatable bonds is 1. The predicted molar refractivity (Wildman–Crippen MR) is 60.5 cm³/mol. The molecule has 0 N–H and O–H groups in total. The average molecular weight is 217 g/mol. The monoisotopic (exact) mass is 217 g/mol. The largest absolute Gasteiger partial charge is 0.381 e. The Hall–Kier alpha value is -1.42. The molecule has 1 fully saturated rings. The molecule has 0 saturated carbocycles. The quantitative estimate of drug-likeness (QED) is 0.732. The van der Waals surface area contributed by atoms with Crippen LogP contribution in [0.15, 0.2) is 18.2 Å². The highest BCUT2D eigenvalue weighted by atomic mass is 16.5. The van der Waals surface area contributed by atoms with Gasteiger partial charge in [-0.3, -0.25) is 0 Å². The smallest absolute Gasteiger partial charge is 0.155 e. The Bertz CT molecular complexity index is 500. The van der Waals surface area contributed by atoms with E-state index in [0.717, 1.165) is 37.5 Å². The lowest BCUT2D eigenvalue weighted by molar-refractivity contribution is 0.0841. The van der Waals surface area contributed by atoms with Crippen molar-refractivity contribution in [3.8, 4) is 0 Å². The summed E-state index contributed by atoms with van der Waals surface area (Å²) in [6, 6.07) is 6.22. The summed E-state index contributed by atoms with van der Waals surface area (Å²) in [6.45, 7) is 3.64. The van der Waals surface area contributed by atoms with Crippen LogP contribution in [0.3, 0.4) is 0 Å². The van der Waals surface area contributed by atoms with Gasteiger partial charge in [0, 0.05) is 24.8 Å². The molecule has 1 aliphatic heterocycles. The van der Waals surface area contributed by atoms with E-state index < -0.39 is 0 Å². The van der Waals surface area contributed by atoms with Gasteiger partial charge in [-0.05, 0) is 31.9 Å². The molecule has 16 heavy (non-hydrogen) atoms. The molecule has 3 heterocycles. The van der Waals surface area contributed by atoms with Crippen LogP contribution >= 0.6 is 0 Å². The van der Waals surface area contributed by atoms with E-state index in [4.69, 9.17) is 4.74 Å². The molecule has 3 rings (SSSR count). The molecular formula is C12H15N3O. The highest BCUT2D eigenvalue weighted by Gasteiger charge is 2.19. The number of aryl methyl sites for hydroxylation is 1. The average Bonchev–Trinajstić information content (AvgIpc) is 2.70. The Balaban J connectivity index is 2.07. The van der Waals surface area contributed by atoms with Crippen LogP contribution < -0.4 is 0 Å². The van der Waals surface area contributed by atoms with Crippen LogP contribution in [-0.4, -0.2) is 27.8 Å². The number of hydrogen-bond donors (Lipinski definition) is 0. The zero-order valence-corrected chi connectivity index (χ0v) is 9.39. The van der Waals surface area contributed by atoms with Gasteiger partial charge in [-0.2, -0.15) is 5.10 Å². The highest BCUT2D eigenvalue weighted by molar-refractivity contribution is 5.39. The number of nitrogens with zero attached hydrogens (tertiary/aromatic N) is 3. The molecule has 0 unspecified atom stereocenters. The van der Waals surface area contributed by atoms with Crippen molar-refractivity contribution in [1.82, 2.24) is 14.6 Å². The number of pyridine rings is 1. The van der Waals surface area contributed by atoms with E-state index in [1.54, 1.807) is 0 Å². The third-order valence-electron chi connectivity index (χ3n) is 3.13. The first-order valence-electron chi connectivity index (χ1n) is 5.74. The van der Waals surface area contributed by atoms with Gasteiger partial charge in [0.25, 0.3) is 0 Å². The Kier molecular flexibility index (Phi) is 2.36. The van der Waals surface area contributed by atoms with Gasteiger partial charge in [0.1, 0.15) is 5.82 Å². The summed E-state index contributed by atoms with van der Waals surface area (Å²) in [4.78, 5) is 4.39. The zero-order chi connectivity index (χ0) is 11.0. The van der Waals surface area contributed by atoms with Crippen molar-refractivity contribution in [3.63, 3.8) is 0 Å². The maximum atomic E-state index is 5.39. The van der Waals surface area contributed by atoms with E-state index in [1.165, 1.54) is 5.69 Å². The fourth-order valence-corrected chi connectivity index (χ4v) is 2.34. The molecule has 4 nitrogen and oxygen atoms in total. The minimum absolute atomic E-state index is 0.554. The fourth-order valence-electron chi connectivity index (χ4n) is 2.34. The summed E-state index contributed by atoms with van der Waals surface area (Å²) in [5.41, 5.74) is 2.21. The zero-order valence-electron chi connectivity index (χ0n) is 9.39. The summed E-state index contributed by atoms with van der Waals surface area (Å²) in [6.07, 6.45) is 2.16. The topological polar surface area (TPSA) is 39.4 Å². The first kappa shape index (κ1) is 9.78. The fraction of sp³-hybridized carbons (Fsp3) is 0.500. The molecule has 2 aromatic heterocycles. The van der Waals surface area contributed by atoms with Crippen LogP contribution in [0.4, 0.5) is 0 Å². The third kappa shape index (κ3) is 1.59. The van der Waals surface area contributed by atoms with E-state index in [0.29, 0.717) is 5.92 Å². The predicted octanol–water partition coefficient (Wildman–Crippen LogP) is 1.93. The summed E-state index contributed by atoms with van der Waals surface area (Å²) in [5.74, 6) is 1.39. The van der Waals surface area contributed by atoms with Crippen molar-refractivity contribution in [1.29, 1.82) is 0 Å². The minimum atomic E-state index is 0.554. The molecule has 2 aromatic rings. The Labute approximate surface area is 94.3 Å². The second-order valence-corrected chi connectivity index (χ2v) is 4.27. The second kappa shape index (κ2) is 3.87. The van der Waals surface area contributed by atoms with E-state index in [-0.39, 0.29) is 0 Å². The van der Waals surface area contributed by atoms with Gasteiger partial charge in [0.15, 0.2) is 5.65 Å². The molecule has 0 atom stereocenters. The molecule has 0 amide bonds. The third-order valence-corrected chi connectivity index (χ3v) is 3.13. The summed E-state index contributed by atoms with van der Waals surface area (Å²) >= 11 is 0. The van der Waals surface area contributed by atoms with Crippen molar-refractivity contribution < 1.29 is 4.74 Å². The lowest BCUT2D eigenvalue weighted by Gasteiger charge is -2.22. The van der Waals surface area contributed by atoms with Gasteiger partial charge in [-0.15, -0.1) is 0 Å². The molecule has 1 aliphatic rings. The van der Waals surface area contributed by atoms with Crippen LogP contribution in [0.2, 0.25) is 0 Å². The van der Waals surface area contributed by atoms with E-state index >= 15 is 0 Å². The standard InChI is InChI=1S/C12H15N3O/c1-9-13-12-4-2-3-11(15(12)14-9)10-5-7-16-8-6-10/h2-4,10H,5-8H2,1H3. The van der Waals surface area contributed by atoms with Crippen LogP contribution in [0.5, 0.6) is 0 Å². The minimum Gasteiger partial charge on any atom is -0.381 e. The molecule has 0 aromatic carbocycles. The van der Waals surface area contributed by atoms with Crippen molar-refractivity contribution in [2.24, 2.45) is 0 Å². The lowest BCUT2D eigenvalue weighted by atomic mass is 9.96. The molecule has 0 aliphatic carbocycles. The number of aromatic nitrogens is 3. The van der Waals surface area contributed by atoms with E-state index in [9.17, 15) is 0 Å². The number of ether oxygens (including phenoxy) is 1. The van der Waals surface area contributed by atoms with Crippen LogP contribution in [0, 0.1) is 6.92 Å². The summed E-state index contributed by atoms with van der Waals surface area (Å²) in [7, 11) is 0. The Morgan fingerprint density at radius 1 is 1.31 bits per heavy atom. The summed E-state index contributed by atoms with van der Waals surface area (Å²) < 4.78 is 7.37. The SMILES string of the molecule is Cc1nc2cccc(C3CCOCC3)n2n1. The van der Waals surface area contributed by atoms with Gasteiger partial charge in [0.05, 0.1) is 0 Å². The van der Waals surface area contributed by atoms with Crippen molar-refractivity contribution in [2.45, 2.75) is 25.7 Å². The van der Waals surface area contributed by atoms with Gasteiger partial charge < -0.3 is 4.74 Å². The molecular weight excluding hydrogens is 202 g/mol. The second-order valence-electron chi connectivity index (χ2n) is 4.27. The van der Waals surface area contributed by atoms with Gasteiger partial charge in [-0.1, -0.05) is 6.07 Å². The van der Waals surface area contributed by atoms with Gasteiger partial charge in [0.2, 0.25) is 0 Å². The number of hydrogen-bond acceptors (Lipinski definition) is 3. The Morgan fingerprint density at radius 2 is 2.12 bits per heavy atom. The van der Waals surface area contributed by atoms with Crippen LogP contribution in [0.1, 0.15) is 30.3 Å². The van der Waals surface area contributed by atoms with Crippen molar-refractivity contribution in [3.05, 3.63) is 29.7 Å². The molecule has 1 saturated heterocycles. The first-order valence-corrected chi connectivity index (χ1v) is 5.74. The number of fused-ring (bicyclic) bond motifs is 1. The normalized spacial score (nSPS) is 18.1.